The summed E-state index contributed by atoms with van der Waals surface area (Å²) < 4.78 is 0. The van der Waals surface area contributed by atoms with E-state index in [0.29, 0.717) is 18.6 Å². The predicted molar refractivity (Wildman–Crippen MR) is 84.2 cm³/mol. The van der Waals surface area contributed by atoms with Crippen LogP contribution in [-0.4, -0.2) is 60.3 Å². The fourth-order valence-corrected chi connectivity index (χ4v) is 3.50. The minimum atomic E-state index is -0.165. The van der Waals surface area contributed by atoms with Gasteiger partial charge in [-0.05, 0) is 39.2 Å². The summed E-state index contributed by atoms with van der Waals surface area (Å²) in [4.78, 5) is 14.6. The van der Waals surface area contributed by atoms with Crippen LogP contribution >= 0.6 is 0 Å². The van der Waals surface area contributed by atoms with Crippen molar-refractivity contribution in [2.75, 3.05) is 26.2 Å². The molecule has 5 nitrogen and oxygen atoms in total. The lowest BCUT2D eigenvalue weighted by Crippen LogP contribution is -2.52. The van der Waals surface area contributed by atoms with Crippen molar-refractivity contribution < 1.29 is 9.90 Å². The molecule has 1 amide bonds. The van der Waals surface area contributed by atoms with E-state index in [2.05, 4.69) is 15.5 Å². The molecule has 1 aliphatic heterocycles. The summed E-state index contributed by atoms with van der Waals surface area (Å²) in [5, 5.41) is 15.9. The molecule has 122 valence electrons. The minimum absolute atomic E-state index is 0.105. The van der Waals surface area contributed by atoms with Crippen molar-refractivity contribution in [1.82, 2.24) is 15.5 Å². The quantitative estimate of drug-likeness (QED) is 0.652. The standard InChI is InChI=1S/C16H31N3O2/c1-13(16(21)18-14-6-3-2-4-7-14)19(10-11-20)12-15-8-5-9-17-15/h13-15,17,20H,2-12H2,1H3,(H,18,21). The van der Waals surface area contributed by atoms with Gasteiger partial charge in [-0.15, -0.1) is 0 Å². The van der Waals surface area contributed by atoms with Crippen LogP contribution in [0.5, 0.6) is 0 Å². The van der Waals surface area contributed by atoms with Gasteiger partial charge in [-0.25, -0.2) is 0 Å². The van der Waals surface area contributed by atoms with E-state index in [1.54, 1.807) is 0 Å². The molecule has 0 bridgehead atoms. The Morgan fingerprint density at radius 2 is 2.05 bits per heavy atom. The number of hydrogen-bond donors (Lipinski definition) is 3. The van der Waals surface area contributed by atoms with Gasteiger partial charge in [0.15, 0.2) is 0 Å². The van der Waals surface area contributed by atoms with Crippen LogP contribution in [0, 0.1) is 0 Å². The van der Waals surface area contributed by atoms with E-state index in [1.165, 1.54) is 32.1 Å². The number of aliphatic hydroxyl groups is 1. The topological polar surface area (TPSA) is 64.6 Å². The molecule has 2 rings (SSSR count). The summed E-state index contributed by atoms with van der Waals surface area (Å²) in [5.41, 5.74) is 0. The average Bonchev–Trinajstić information content (AvgIpc) is 3.00. The highest BCUT2D eigenvalue weighted by Gasteiger charge is 2.26. The lowest BCUT2D eigenvalue weighted by Gasteiger charge is -2.32. The summed E-state index contributed by atoms with van der Waals surface area (Å²) in [6, 6.07) is 0.650. The van der Waals surface area contributed by atoms with Crippen molar-refractivity contribution in [3.8, 4) is 0 Å². The number of rotatable bonds is 7. The second kappa shape index (κ2) is 8.71. The van der Waals surface area contributed by atoms with E-state index in [1.807, 2.05) is 6.92 Å². The first-order valence-corrected chi connectivity index (χ1v) is 8.59. The van der Waals surface area contributed by atoms with Gasteiger partial charge >= 0.3 is 0 Å². The Kier molecular flexibility index (Phi) is 6.93. The number of hydrogen-bond acceptors (Lipinski definition) is 4. The van der Waals surface area contributed by atoms with Gasteiger partial charge in [0, 0.05) is 25.2 Å². The Hall–Kier alpha value is -0.650. The van der Waals surface area contributed by atoms with E-state index in [0.717, 1.165) is 25.9 Å². The van der Waals surface area contributed by atoms with Crippen molar-refractivity contribution in [2.24, 2.45) is 0 Å². The Labute approximate surface area is 128 Å². The van der Waals surface area contributed by atoms with E-state index >= 15 is 0 Å². The van der Waals surface area contributed by atoms with Crippen LogP contribution in [-0.2, 0) is 4.79 Å². The molecule has 0 spiro atoms. The lowest BCUT2D eigenvalue weighted by molar-refractivity contribution is -0.127. The molecule has 5 heteroatoms. The Balaban J connectivity index is 1.83. The predicted octanol–water partition coefficient (Wildman–Crippen LogP) is 0.870. The van der Waals surface area contributed by atoms with Gasteiger partial charge in [-0.3, -0.25) is 9.69 Å². The summed E-state index contributed by atoms with van der Waals surface area (Å²) in [6.07, 6.45) is 8.35. The van der Waals surface area contributed by atoms with Crippen molar-refractivity contribution in [3.05, 3.63) is 0 Å². The number of nitrogens with one attached hydrogen (secondary N) is 2. The van der Waals surface area contributed by atoms with Crippen LogP contribution in [0.3, 0.4) is 0 Å². The maximum absolute atomic E-state index is 12.4. The number of nitrogens with zero attached hydrogens (tertiary/aromatic N) is 1. The van der Waals surface area contributed by atoms with Crippen molar-refractivity contribution >= 4 is 5.91 Å². The first kappa shape index (κ1) is 16.7. The van der Waals surface area contributed by atoms with Gasteiger partial charge in [0.2, 0.25) is 5.91 Å². The molecule has 0 aromatic rings. The highest BCUT2D eigenvalue weighted by molar-refractivity contribution is 5.81. The Morgan fingerprint density at radius 1 is 1.29 bits per heavy atom. The third-order valence-corrected chi connectivity index (χ3v) is 4.88. The SMILES string of the molecule is CC(C(=O)NC1CCCCC1)N(CCO)CC1CCCN1. The first-order valence-electron chi connectivity index (χ1n) is 8.59. The van der Waals surface area contributed by atoms with Gasteiger partial charge in [0.1, 0.15) is 0 Å². The molecule has 2 aliphatic rings. The van der Waals surface area contributed by atoms with Crippen LogP contribution in [0.25, 0.3) is 0 Å². The van der Waals surface area contributed by atoms with Crippen molar-refractivity contribution in [3.63, 3.8) is 0 Å². The molecule has 2 atom stereocenters. The zero-order valence-corrected chi connectivity index (χ0v) is 13.3. The summed E-state index contributed by atoms with van der Waals surface area (Å²) >= 11 is 0. The molecule has 21 heavy (non-hydrogen) atoms. The highest BCUT2D eigenvalue weighted by Crippen LogP contribution is 2.18. The summed E-state index contributed by atoms with van der Waals surface area (Å²) in [5.74, 6) is 0.119. The molecule has 1 heterocycles. The largest absolute Gasteiger partial charge is 0.395 e. The molecular formula is C16H31N3O2. The monoisotopic (exact) mass is 297 g/mol. The first-order chi connectivity index (χ1) is 10.2. The molecular weight excluding hydrogens is 266 g/mol. The van der Waals surface area contributed by atoms with E-state index in [9.17, 15) is 9.90 Å². The fourth-order valence-electron chi connectivity index (χ4n) is 3.50. The normalized spacial score (nSPS) is 25.2. The average molecular weight is 297 g/mol. The third kappa shape index (κ3) is 5.24. The third-order valence-electron chi connectivity index (χ3n) is 4.88. The Bertz CT molecular complexity index is 313. The van der Waals surface area contributed by atoms with E-state index < -0.39 is 0 Å². The zero-order chi connectivity index (χ0) is 15.1. The number of amides is 1. The fraction of sp³-hybridized carbons (Fsp3) is 0.938. The maximum Gasteiger partial charge on any atom is 0.237 e. The smallest absolute Gasteiger partial charge is 0.237 e. The van der Waals surface area contributed by atoms with Gasteiger partial charge < -0.3 is 15.7 Å². The number of carbonyl (C=O) groups is 1. The van der Waals surface area contributed by atoms with Crippen LogP contribution < -0.4 is 10.6 Å². The van der Waals surface area contributed by atoms with Crippen LogP contribution in [0.2, 0.25) is 0 Å². The second-order valence-corrected chi connectivity index (χ2v) is 6.53. The van der Waals surface area contributed by atoms with Crippen LogP contribution in [0.1, 0.15) is 51.9 Å². The number of aliphatic hydroxyl groups excluding tert-OH is 1. The van der Waals surface area contributed by atoms with Gasteiger partial charge in [0.25, 0.3) is 0 Å². The molecule has 2 fully saturated rings. The molecule has 1 saturated heterocycles. The molecule has 3 N–H and O–H groups in total. The molecule has 1 saturated carbocycles. The molecule has 0 aromatic carbocycles. The summed E-state index contributed by atoms with van der Waals surface area (Å²) in [6.45, 7) is 4.55. The van der Waals surface area contributed by atoms with E-state index in [-0.39, 0.29) is 18.6 Å². The Morgan fingerprint density at radius 3 is 2.67 bits per heavy atom. The lowest BCUT2D eigenvalue weighted by atomic mass is 9.95. The summed E-state index contributed by atoms with van der Waals surface area (Å²) in [7, 11) is 0. The second-order valence-electron chi connectivity index (χ2n) is 6.53. The molecule has 0 radical (unpaired) electrons. The van der Waals surface area contributed by atoms with Crippen molar-refractivity contribution in [2.45, 2.75) is 70.0 Å². The highest BCUT2D eigenvalue weighted by atomic mass is 16.3. The zero-order valence-electron chi connectivity index (χ0n) is 13.3. The van der Waals surface area contributed by atoms with E-state index in [4.69, 9.17) is 0 Å². The molecule has 0 aromatic heterocycles. The molecule has 1 aliphatic carbocycles. The van der Waals surface area contributed by atoms with Crippen LogP contribution in [0.4, 0.5) is 0 Å². The minimum Gasteiger partial charge on any atom is -0.395 e. The van der Waals surface area contributed by atoms with Gasteiger partial charge in [-0.2, -0.15) is 0 Å². The molecule has 2 unspecified atom stereocenters. The van der Waals surface area contributed by atoms with Gasteiger partial charge in [-0.1, -0.05) is 19.3 Å². The number of carbonyl (C=O) groups excluding carboxylic acids is 1. The maximum atomic E-state index is 12.4. The van der Waals surface area contributed by atoms with Crippen molar-refractivity contribution in [1.29, 1.82) is 0 Å². The van der Waals surface area contributed by atoms with Crippen LogP contribution in [0.15, 0.2) is 0 Å². The van der Waals surface area contributed by atoms with Gasteiger partial charge in [0.05, 0.1) is 12.6 Å².